The molecule has 0 aliphatic heterocycles. The van der Waals surface area contributed by atoms with Gasteiger partial charge in [0.2, 0.25) is 0 Å². The van der Waals surface area contributed by atoms with Crippen molar-refractivity contribution < 1.29 is 23.5 Å². The minimum Gasteiger partial charge on any atom is -0.484 e. The Labute approximate surface area is 169 Å². The first kappa shape index (κ1) is 19.7. The Morgan fingerprint density at radius 2 is 2.00 bits per heavy atom. The van der Waals surface area contributed by atoms with Crippen LogP contribution in [-0.4, -0.2) is 28.8 Å². The smallest absolute Gasteiger partial charge is 0.360 e. The van der Waals surface area contributed by atoms with Gasteiger partial charge in [-0.2, -0.15) is 5.10 Å². The van der Waals surface area contributed by atoms with Crippen molar-refractivity contribution in [3.63, 3.8) is 0 Å². The van der Waals surface area contributed by atoms with Gasteiger partial charge in [-0.15, -0.1) is 0 Å². The molecule has 146 valence electrons. The Balaban J connectivity index is 1.71. The van der Waals surface area contributed by atoms with Gasteiger partial charge in [-0.25, -0.2) is 4.79 Å². The number of esters is 1. The fourth-order valence-corrected chi connectivity index (χ4v) is 2.86. The van der Waals surface area contributed by atoms with E-state index in [2.05, 4.69) is 26.3 Å². The molecule has 0 fully saturated rings. The van der Waals surface area contributed by atoms with Crippen LogP contribution in [0.4, 0.5) is 5.69 Å². The third-order valence-corrected chi connectivity index (χ3v) is 4.70. The monoisotopic (exact) mass is 447 g/mol. The number of hydrogen-bond donors (Lipinski definition) is 1. The summed E-state index contributed by atoms with van der Waals surface area (Å²) in [7, 11) is 2.92. The van der Waals surface area contributed by atoms with Crippen molar-refractivity contribution in [3.05, 3.63) is 63.8 Å². The van der Waals surface area contributed by atoms with Gasteiger partial charge in [0.1, 0.15) is 18.1 Å². The normalized spacial score (nSPS) is 10.6. The molecule has 0 radical (unpaired) electrons. The SMILES string of the molecule is COC(=O)c1nn(C)c(C)c1NC(=O)c1ccc(COc2ccccc2Br)o1. The maximum absolute atomic E-state index is 12.5. The van der Waals surface area contributed by atoms with Crippen LogP contribution in [-0.2, 0) is 18.4 Å². The average Bonchev–Trinajstić information content (AvgIpc) is 3.27. The summed E-state index contributed by atoms with van der Waals surface area (Å²) in [5.74, 6) is 0.0924. The van der Waals surface area contributed by atoms with Crippen LogP contribution in [0.2, 0.25) is 0 Å². The predicted octanol–water partition coefficient (Wildman–Crippen LogP) is 3.70. The van der Waals surface area contributed by atoms with E-state index in [9.17, 15) is 9.59 Å². The number of furan rings is 1. The molecule has 2 heterocycles. The van der Waals surface area contributed by atoms with E-state index in [-0.39, 0.29) is 23.7 Å². The Kier molecular flexibility index (Phi) is 5.84. The number of methoxy groups -OCH3 is 1. The molecule has 0 spiro atoms. The van der Waals surface area contributed by atoms with E-state index in [0.29, 0.717) is 17.2 Å². The van der Waals surface area contributed by atoms with Crippen LogP contribution in [0.25, 0.3) is 0 Å². The molecule has 8 nitrogen and oxygen atoms in total. The number of hydrogen-bond acceptors (Lipinski definition) is 6. The largest absolute Gasteiger partial charge is 0.484 e. The second-order valence-electron chi connectivity index (χ2n) is 5.86. The zero-order valence-electron chi connectivity index (χ0n) is 15.5. The maximum atomic E-state index is 12.5. The quantitative estimate of drug-likeness (QED) is 0.578. The van der Waals surface area contributed by atoms with Gasteiger partial charge in [-0.3, -0.25) is 9.48 Å². The van der Waals surface area contributed by atoms with Gasteiger partial charge in [-0.1, -0.05) is 12.1 Å². The molecule has 2 aromatic heterocycles. The molecule has 9 heteroatoms. The first-order valence-electron chi connectivity index (χ1n) is 8.30. The summed E-state index contributed by atoms with van der Waals surface area (Å²) in [4.78, 5) is 24.4. The highest BCUT2D eigenvalue weighted by molar-refractivity contribution is 9.10. The summed E-state index contributed by atoms with van der Waals surface area (Å²) in [6, 6.07) is 10.6. The fraction of sp³-hybridized carbons (Fsp3) is 0.211. The topological polar surface area (TPSA) is 95.6 Å². The van der Waals surface area contributed by atoms with Crippen LogP contribution >= 0.6 is 15.9 Å². The number of aromatic nitrogens is 2. The summed E-state index contributed by atoms with van der Waals surface area (Å²) in [5, 5.41) is 6.74. The van der Waals surface area contributed by atoms with Crippen molar-refractivity contribution >= 4 is 33.5 Å². The highest BCUT2D eigenvalue weighted by atomic mass is 79.9. The zero-order valence-corrected chi connectivity index (χ0v) is 17.1. The van der Waals surface area contributed by atoms with Gasteiger partial charge in [0.05, 0.1) is 23.0 Å². The molecule has 0 atom stereocenters. The van der Waals surface area contributed by atoms with E-state index >= 15 is 0 Å². The number of para-hydroxylation sites is 1. The lowest BCUT2D eigenvalue weighted by Crippen LogP contribution is -2.14. The maximum Gasteiger partial charge on any atom is 0.360 e. The Bertz CT molecular complexity index is 1020. The fourth-order valence-electron chi connectivity index (χ4n) is 2.46. The van der Waals surface area contributed by atoms with Gasteiger partial charge < -0.3 is 19.2 Å². The van der Waals surface area contributed by atoms with E-state index in [1.165, 1.54) is 17.9 Å². The van der Waals surface area contributed by atoms with E-state index < -0.39 is 11.9 Å². The molecule has 0 bridgehead atoms. The Morgan fingerprint density at radius 3 is 2.71 bits per heavy atom. The van der Waals surface area contributed by atoms with E-state index in [1.54, 1.807) is 20.0 Å². The zero-order chi connectivity index (χ0) is 20.3. The molecular weight excluding hydrogens is 430 g/mol. The molecule has 0 aliphatic rings. The Morgan fingerprint density at radius 1 is 1.25 bits per heavy atom. The Hall–Kier alpha value is -3.07. The lowest BCUT2D eigenvalue weighted by atomic mass is 10.3. The average molecular weight is 448 g/mol. The van der Waals surface area contributed by atoms with Gasteiger partial charge >= 0.3 is 5.97 Å². The summed E-state index contributed by atoms with van der Waals surface area (Å²) in [6.45, 7) is 1.89. The third kappa shape index (κ3) is 4.09. The second-order valence-corrected chi connectivity index (χ2v) is 6.72. The van der Waals surface area contributed by atoms with Crippen molar-refractivity contribution in [1.29, 1.82) is 0 Å². The summed E-state index contributed by atoms with van der Waals surface area (Å²) in [6.07, 6.45) is 0. The van der Waals surface area contributed by atoms with Crippen molar-refractivity contribution in [2.45, 2.75) is 13.5 Å². The van der Waals surface area contributed by atoms with Crippen LogP contribution in [0.1, 0.15) is 32.5 Å². The molecule has 0 saturated carbocycles. The number of aryl methyl sites for hydroxylation is 1. The minimum atomic E-state index is -0.638. The second kappa shape index (κ2) is 8.30. The first-order chi connectivity index (χ1) is 13.4. The van der Waals surface area contributed by atoms with Crippen LogP contribution in [0.15, 0.2) is 45.3 Å². The number of halogens is 1. The third-order valence-electron chi connectivity index (χ3n) is 4.04. The molecule has 0 saturated heterocycles. The molecule has 28 heavy (non-hydrogen) atoms. The first-order valence-corrected chi connectivity index (χ1v) is 9.09. The molecule has 3 rings (SSSR count). The van der Waals surface area contributed by atoms with Crippen LogP contribution in [0, 0.1) is 6.92 Å². The molecule has 0 aliphatic carbocycles. The van der Waals surface area contributed by atoms with Gasteiger partial charge in [-0.05, 0) is 47.1 Å². The molecule has 1 N–H and O–H groups in total. The standard InChI is InChI=1S/C19H18BrN3O5/c1-11-16(17(19(25)26-3)22-23(11)2)21-18(24)15-9-8-12(28-15)10-27-14-7-5-4-6-13(14)20/h4-9H,10H2,1-3H3,(H,21,24). The number of nitrogens with one attached hydrogen (secondary N) is 1. The lowest BCUT2D eigenvalue weighted by Gasteiger charge is -2.06. The van der Waals surface area contributed by atoms with E-state index in [4.69, 9.17) is 13.9 Å². The van der Waals surface area contributed by atoms with Gasteiger partial charge in [0.15, 0.2) is 11.5 Å². The highest BCUT2D eigenvalue weighted by Crippen LogP contribution is 2.25. The number of amides is 1. The van der Waals surface area contributed by atoms with E-state index in [1.807, 2.05) is 24.3 Å². The van der Waals surface area contributed by atoms with Gasteiger partial charge in [0.25, 0.3) is 5.91 Å². The van der Waals surface area contributed by atoms with Gasteiger partial charge in [0, 0.05) is 7.05 Å². The lowest BCUT2D eigenvalue weighted by molar-refractivity contribution is 0.0594. The number of carbonyl (C=O) groups is 2. The number of ether oxygens (including phenoxy) is 2. The summed E-state index contributed by atoms with van der Waals surface area (Å²) < 4.78 is 18.3. The molecule has 1 amide bonds. The number of anilines is 1. The minimum absolute atomic E-state index is 0.0277. The molecule has 1 aromatic carbocycles. The van der Waals surface area contributed by atoms with Crippen LogP contribution in [0.3, 0.4) is 0 Å². The van der Waals surface area contributed by atoms with Crippen molar-refractivity contribution in [1.82, 2.24) is 9.78 Å². The van der Waals surface area contributed by atoms with Crippen molar-refractivity contribution in [2.75, 3.05) is 12.4 Å². The number of benzene rings is 1. The molecule has 3 aromatic rings. The predicted molar refractivity (Wildman–Crippen MR) is 104 cm³/mol. The number of carbonyl (C=O) groups excluding carboxylic acids is 2. The summed E-state index contributed by atoms with van der Waals surface area (Å²) in [5.41, 5.74) is 0.916. The highest BCUT2D eigenvalue weighted by Gasteiger charge is 2.23. The molecule has 0 unspecified atom stereocenters. The van der Waals surface area contributed by atoms with Crippen molar-refractivity contribution in [3.8, 4) is 5.75 Å². The van der Waals surface area contributed by atoms with Crippen LogP contribution < -0.4 is 10.1 Å². The van der Waals surface area contributed by atoms with Crippen LogP contribution in [0.5, 0.6) is 5.75 Å². The number of nitrogens with zero attached hydrogens (tertiary/aromatic N) is 2. The summed E-state index contributed by atoms with van der Waals surface area (Å²) >= 11 is 3.40. The molecular formula is C19H18BrN3O5. The number of rotatable bonds is 6. The van der Waals surface area contributed by atoms with E-state index in [0.717, 1.165) is 4.47 Å². The van der Waals surface area contributed by atoms with Crippen molar-refractivity contribution in [2.24, 2.45) is 7.05 Å².